The number of hydrogen-bond donors (Lipinski definition) is 1. The Morgan fingerprint density at radius 3 is 2.57 bits per heavy atom. The van der Waals surface area contributed by atoms with E-state index >= 15 is 0 Å². The Labute approximate surface area is 145 Å². The summed E-state index contributed by atoms with van der Waals surface area (Å²) in [6.07, 6.45) is 0. The molecule has 1 unspecified atom stereocenters. The van der Waals surface area contributed by atoms with E-state index in [2.05, 4.69) is 15.9 Å². The monoisotopic (exact) mass is 376 g/mol. The first-order chi connectivity index (χ1) is 11.1. The lowest BCUT2D eigenvalue weighted by Crippen LogP contribution is -2.34. The van der Waals surface area contributed by atoms with Crippen LogP contribution in [0, 0.1) is 0 Å². The molecular weight excluding hydrogens is 356 g/mol. The normalized spacial score (nSPS) is 11.8. The van der Waals surface area contributed by atoms with Crippen molar-refractivity contribution < 1.29 is 9.53 Å². The molecule has 122 valence electrons. The molecule has 0 aromatic heterocycles. The van der Waals surface area contributed by atoms with Crippen molar-refractivity contribution in [3.63, 3.8) is 0 Å². The summed E-state index contributed by atoms with van der Waals surface area (Å²) in [6.45, 7) is 0.744. The molecule has 0 heterocycles. The van der Waals surface area contributed by atoms with Crippen molar-refractivity contribution >= 4 is 21.8 Å². The van der Waals surface area contributed by atoms with E-state index in [0.29, 0.717) is 6.54 Å². The van der Waals surface area contributed by atoms with E-state index in [0.717, 1.165) is 21.3 Å². The third-order valence-electron chi connectivity index (χ3n) is 3.76. The zero-order valence-electron chi connectivity index (χ0n) is 13.3. The van der Waals surface area contributed by atoms with Gasteiger partial charge in [0.1, 0.15) is 5.75 Å². The predicted molar refractivity (Wildman–Crippen MR) is 95.4 cm³/mol. The predicted octanol–water partition coefficient (Wildman–Crippen LogP) is 3.16. The van der Waals surface area contributed by atoms with Crippen LogP contribution in [0.4, 0.5) is 0 Å². The summed E-state index contributed by atoms with van der Waals surface area (Å²) in [5, 5.41) is 0. The number of benzene rings is 2. The van der Waals surface area contributed by atoms with Crippen LogP contribution in [-0.2, 0) is 11.3 Å². The van der Waals surface area contributed by atoms with Crippen LogP contribution in [0.15, 0.2) is 53.0 Å². The number of halogens is 1. The van der Waals surface area contributed by atoms with Crippen molar-refractivity contribution in [3.05, 3.63) is 64.1 Å². The van der Waals surface area contributed by atoms with Gasteiger partial charge < -0.3 is 15.4 Å². The number of ether oxygens (including phenoxy) is 1. The molecule has 0 aliphatic heterocycles. The van der Waals surface area contributed by atoms with Crippen LogP contribution in [-0.4, -0.2) is 31.5 Å². The first-order valence-electron chi connectivity index (χ1n) is 7.39. The van der Waals surface area contributed by atoms with Gasteiger partial charge in [0.05, 0.1) is 13.0 Å². The molecule has 0 bridgehead atoms. The summed E-state index contributed by atoms with van der Waals surface area (Å²) in [5.41, 5.74) is 7.72. The highest BCUT2D eigenvalue weighted by Gasteiger charge is 2.23. The molecule has 23 heavy (non-hydrogen) atoms. The molecule has 0 aliphatic carbocycles. The molecule has 2 aromatic carbocycles. The van der Waals surface area contributed by atoms with Crippen molar-refractivity contribution in [3.8, 4) is 5.75 Å². The average Bonchev–Trinajstić information content (AvgIpc) is 2.56. The summed E-state index contributed by atoms with van der Waals surface area (Å²) >= 11 is 3.45. The van der Waals surface area contributed by atoms with Gasteiger partial charge in [-0.15, -0.1) is 0 Å². The number of amides is 1. The molecule has 2 aromatic rings. The largest absolute Gasteiger partial charge is 0.496 e. The molecule has 5 heteroatoms. The highest BCUT2D eigenvalue weighted by Crippen LogP contribution is 2.25. The van der Waals surface area contributed by atoms with Gasteiger partial charge in [-0.05, 0) is 23.8 Å². The van der Waals surface area contributed by atoms with Crippen LogP contribution in [0.25, 0.3) is 0 Å². The van der Waals surface area contributed by atoms with Crippen LogP contribution < -0.4 is 10.5 Å². The summed E-state index contributed by atoms with van der Waals surface area (Å²) in [7, 11) is 3.41. The summed E-state index contributed by atoms with van der Waals surface area (Å²) in [5.74, 6) is 0.428. The topological polar surface area (TPSA) is 55.6 Å². The Balaban J connectivity index is 2.18. The van der Waals surface area contributed by atoms with E-state index in [1.807, 2.05) is 48.5 Å². The Morgan fingerprint density at radius 1 is 1.26 bits per heavy atom. The first-order valence-corrected chi connectivity index (χ1v) is 8.18. The Hall–Kier alpha value is -1.85. The van der Waals surface area contributed by atoms with Gasteiger partial charge in [0.25, 0.3) is 0 Å². The third kappa shape index (κ3) is 4.33. The van der Waals surface area contributed by atoms with Crippen molar-refractivity contribution in [2.45, 2.75) is 12.5 Å². The summed E-state index contributed by atoms with van der Waals surface area (Å²) < 4.78 is 6.32. The van der Waals surface area contributed by atoms with Gasteiger partial charge >= 0.3 is 0 Å². The number of likely N-dealkylation sites (N-methyl/N-ethyl adjacent to an activating group) is 1. The maximum atomic E-state index is 12.8. The van der Waals surface area contributed by atoms with Crippen molar-refractivity contribution in [1.82, 2.24) is 4.90 Å². The smallest absolute Gasteiger partial charge is 0.231 e. The van der Waals surface area contributed by atoms with E-state index in [4.69, 9.17) is 10.5 Å². The minimum absolute atomic E-state index is 0.000675. The zero-order chi connectivity index (χ0) is 16.8. The second-order valence-corrected chi connectivity index (χ2v) is 6.27. The van der Waals surface area contributed by atoms with Crippen molar-refractivity contribution in [2.75, 3.05) is 20.7 Å². The fourth-order valence-electron chi connectivity index (χ4n) is 2.54. The van der Waals surface area contributed by atoms with Crippen LogP contribution in [0.5, 0.6) is 5.75 Å². The van der Waals surface area contributed by atoms with Gasteiger partial charge in [-0.25, -0.2) is 0 Å². The van der Waals surface area contributed by atoms with Crippen molar-refractivity contribution in [2.24, 2.45) is 5.73 Å². The van der Waals surface area contributed by atoms with Gasteiger partial charge in [-0.2, -0.15) is 0 Å². The van der Waals surface area contributed by atoms with Gasteiger partial charge in [0.2, 0.25) is 5.91 Å². The molecule has 1 amide bonds. The van der Waals surface area contributed by atoms with Crippen LogP contribution >= 0.6 is 15.9 Å². The SMILES string of the molecule is COc1ccc(Br)cc1CN(C)C(=O)C(CN)c1ccccc1. The zero-order valence-corrected chi connectivity index (χ0v) is 14.9. The molecular formula is C18H21BrN2O2. The molecule has 2 N–H and O–H groups in total. The quantitative estimate of drug-likeness (QED) is 0.842. The van der Waals surface area contributed by atoms with Gasteiger partial charge in [0.15, 0.2) is 0 Å². The van der Waals surface area contributed by atoms with Crippen LogP contribution in [0.3, 0.4) is 0 Å². The van der Waals surface area contributed by atoms with E-state index in [-0.39, 0.29) is 18.4 Å². The Bertz CT molecular complexity index is 661. The maximum Gasteiger partial charge on any atom is 0.231 e. The fourth-order valence-corrected chi connectivity index (χ4v) is 2.94. The minimum Gasteiger partial charge on any atom is -0.496 e. The highest BCUT2D eigenvalue weighted by atomic mass is 79.9. The third-order valence-corrected chi connectivity index (χ3v) is 4.26. The van der Waals surface area contributed by atoms with Gasteiger partial charge in [0, 0.05) is 30.2 Å². The van der Waals surface area contributed by atoms with Crippen LogP contribution in [0.2, 0.25) is 0 Å². The minimum atomic E-state index is -0.334. The molecule has 4 nitrogen and oxygen atoms in total. The second-order valence-electron chi connectivity index (χ2n) is 5.35. The highest BCUT2D eigenvalue weighted by molar-refractivity contribution is 9.10. The number of nitrogens with zero attached hydrogens (tertiary/aromatic N) is 1. The van der Waals surface area contributed by atoms with Crippen molar-refractivity contribution in [1.29, 1.82) is 0 Å². The van der Waals surface area contributed by atoms with E-state index in [1.54, 1.807) is 19.1 Å². The fraction of sp³-hybridized carbons (Fsp3) is 0.278. The van der Waals surface area contributed by atoms with E-state index < -0.39 is 0 Å². The molecule has 0 fully saturated rings. The number of hydrogen-bond acceptors (Lipinski definition) is 3. The Morgan fingerprint density at radius 2 is 1.96 bits per heavy atom. The maximum absolute atomic E-state index is 12.8. The molecule has 0 radical (unpaired) electrons. The number of rotatable bonds is 6. The molecule has 0 saturated heterocycles. The molecule has 0 aliphatic rings. The van der Waals surface area contributed by atoms with E-state index in [1.165, 1.54) is 0 Å². The molecule has 0 saturated carbocycles. The number of methoxy groups -OCH3 is 1. The average molecular weight is 377 g/mol. The first kappa shape index (κ1) is 17.5. The number of nitrogens with two attached hydrogens (primary N) is 1. The van der Waals surface area contributed by atoms with Gasteiger partial charge in [-0.3, -0.25) is 4.79 Å². The Kier molecular flexibility index (Phi) is 6.19. The lowest BCUT2D eigenvalue weighted by atomic mass is 9.97. The van der Waals surface area contributed by atoms with Crippen LogP contribution in [0.1, 0.15) is 17.0 Å². The molecule has 2 rings (SSSR count). The molecule has 1 atom stereocenters. The number of carbonyl (C=O) groups excluding carboxylic acids is 1. The summed E-state index contributed by atoms with van der Waals surface area (Å²) in [4.78, 5) is 14.4. The number of carbonyl (C=O) groups is 1. The van der Waals surface area contributed by atoms with E-state index in [9.17, 15) is 4.79 Å². The second kappa shape index (κ2) is 8.13. The lowest BCUT2D eigenvalue weighted by Gasteiger charge is -2.24. The molecule has 0 spiro atoms. The lowest BCUT2D eigenvalue weighted by molar-refractivity contribution is -0.131. The standard InChI is InChI=1S/C18H21BrN2O2/c1-21(12-14-10-15(19)8-9-17(14)23-2)18(22)16(11-20)13-6-4-3-5-7-13/h3-10,16H,11-12,20H2,1-2H3. The summed E-state index contributed by atoms with van der Waals surface area (Å²) in [6, 6.07) is 15.4. The van der Waals surface area contributed by atoms with Gasteiger partial charge in [-0.1, -0.05) is 46.3 Å².